The molecule has 0 bridgehead atoms. The molecule has 0 spiro atoms. The van der Waals surface area contributed by atoms with E-state index < -0.39 is 26.1 Å². The fraction of sp³-hybridized carbons (Fsp3) is 0.733. The number of terminal acetylenes is 1. The number of hydrogen-bond acceptors (Lipinski definition) is 5. The van der Waals surface area contributed by atoms with Crippen LogP contribution < -0.4 is 0 Å². The molecule has 2 aliphatic rings. The molecule has 4 atom stereocenters. The molecule has 0 N–H and O–H groups in total. The van der Waals surface area contributed by atoms with E-state index in [1.54, 1.807) is 0 Å². The lowest BCUT2D eigenvalue weighted by molar-refractivity contribution is 0.174. The normalized spacial score (nSPS) is 36.5. The lowest BCUT2D eigenvalue weighted by atomic mass is 9.97. The predicted molar refractivity (Wildman–Crippen MR) is 83.9 cm³/mol. The molecule has 122 valence electrons. The molecular formula is C15H20O5S2. The van der Waals surface area contributed by atoms with Gasteiger partial charge < -0.3 is 0 Å². The van der Waals surface area contributed by atoms with Gasteiger partial charge in [0.2, 0.25) is 0 Å². The lowest BCUT2D eigenvalue weighted by Gasteiger charge is -2.25. The average Bonchev–Trinajstić information content (AvgIpc) is 2.34. The molecule has 2 fully saturated rings. The van der Waals surface area contributed by atoms with Crippen LogP contribution in [0.25, 0.3) is 0 Å². The van der Waals surface area contributed by atoms with E-state index in [1.165, 1.54) is 0 Å². The fourth-order valence-electron chi connectivity index (χ4n) is 3.00. The van der Waals surface area contributed by atoms with Crippen molar-refractivity contribution in [1.82, 2.24) is 0 Å². The Morgan fingerprint density at radius 2 is 1.82 bits per heavy atom. The highest BCUT2D eigenvalue weighted by atomic mass is 32.2. The number of sulfone groups is 1. The Hall–Kier alpha value is -1.02. The molecular weight excluding hydrogens is 324 g/mol. The Bertz CT molecular complexity index is 718. The summed E-state index contributed by atoms with van der Waals surface area (Å²) < 4.78 is 51.6. The molecule has 0 aliphatic carbocycles. The lowest BCUT2D eigenvalue weighted by Crippen LogP contribution is -2.32. The molecule has 0 aromatic carbocycles. The third-order valence-corrected chi connectivity index (χ3v) is 7.15. The van der Waals surface area contributed by atoms with Gasteiger partial charge in [0.05, 0.1) is 23.4 Å². The fourth-order valence-corrected chi connectivity index (χ4v) is 6.34. The van der Waals surface area contributed by atoms with E-state index in [9.17, 15) is 16.8 Å². The van der Waals surface area contributed by atoms with Crippen LogP contribution in [0.2, 0.25) is 0 Å². The largest absolute Gasteiger partial charge is 0.268 e. The van der Waals surface area contributed by atoms with Crippen molar-refractivity contribution in [1.29, 1.82) is 0 Å². The highest BCUT2D eigenvalue weighted by molar-refractivity contribution is 7.91. The quantitative estimate of drug-likeness (QED) is 0.520. The first-order valence-electron chi connectivity index (χ1n) is 7.25. The van der Waals surface area contributed by atoms with Crippen molar-refractivity contribution in [3.8, 4) is 24.2 Å². The molecule has 7 heteroatoms. The molecule has 0 aromatic rings. The topological polar surface area (TPSA) is 77.5 Å². The number of rotatable bonds is 1. The SMILES string of the molecule is C#CC1CC(CC#CC2CC(C)CS(=O)(=O)C2)OS(=O)(=O)C1. The minimum Gasteiger partial charge on any atom is -0.266 e. The van der Waals surface area contributed by atoms with Gasteiger partial charge in [0.15, 0.2) is 9.84 Å². The van der Waals surface area contributed by atoms with E-state index in [1.807, 2.05) is 6.92 Å². The van der Waals surface area contributed by atoms with Crippen LogP contribution in [0.1, 0.15) is 26.2 Å². The Kier molecular flexibility index (Phi) is 5.21. The van der Waals surface area contributed by atoms with Gasteiger partial charge in [-0.2, -0.15) is 8.42 Å². The molecule has 22 heavy (non-hydrogen) atoms. The molecule has 0 saturated carbocycles. The molecule has 0 aromatic heterocycles. The summed E-state index contributed by atoms with van der Waals surface area (Å²) in [7, 11) is -6.61. The van der Waals surface area contributed by atoms with Gasteiger partial charge in [-0.1, -0.05) is 12.8 Å². The maximum absolute atomic E-state index is 11.7. The second-order valence-corrected chi connectivity index (χ2v) is 9.98. The molecule has 0 radical (unpaired) electrons. The third-order valence-electron chi connectivity index (χ3n) is 3.79. The minimum atomic E-state index is -3.58. The Morgan fingerprint density at radius 1 is 1.09 bits per heavy atom. The smallest absolute Gasteiger partial charge is 0.266 e. The first-order valence-corrected chi connectivity index (χ1v) is 10.6. The van der Waals surface area contributed by atoms with Crippen LogP contribution in [0.3, 0.4) is 0 Å². The van der Waals surface area contributed by atoms with Crippen LogP contribution in [0, 0.1) is 41.9 Å². The van der Waals surface area contributed by atoms with Crippen molar-refractivity contribution in [3.63, 3.8) is 0 Å². The molecule has 4 unspecified atom stereocenters. The van der Waals surface area contributed by atoms with E-state index >= 15 is 0 Å². The zero-order valence-electron chi connectivity index (χ0n) is 12.5. The Morgan fingerprint density at radius 3 is 2.45 bits per heavy atom. The molecule has 2 heterocycles. The third kappa shape index (κ3) is 5.01. The molecule has 5 nitrogen and oxygen atoms in total. The average molecular weight is 344 g/mol. The zero-order valence-corrected chi connectivity index (χ0v) is 14.1. The van der Waals surface area contributed by atoms with Gasteiger partial charge in [-0.3, -0.25) is 4.18 Å². The second kappa shape index (κ2) is 6.62. The van der Waals surface area contributed by atoms with Crippen molar-refractivity contribution in [2.45, 2.75) is 32.3 Å². The van der Waals surface area contributed by atoms with Crippen molar-refractivity contribution in [2.24, 2.45) is 17.8 Å². The van der Waals surface area contributed by atoms with Gasteiger partial charge in [-0.25, -0.2) is 8.42 Å². The van der Waals surface area contributed by atoms with Crippen LogP contribution in [-0.2, 0) is 24.1 Å². The summed E-state index contributed by atoms with van der Waals surface area (Å²) in [5.74, 6) is 8.05. The summed E-state index contributed by atoms with van der Waals surface area (Å²) in [5.41, 5.74) is 0. The van der Waals surface area contributed by atoms with Gasteiger partial charge in [-0.05, 0) is 18.8 Å². The summed E-state index contributed by atoms with van der Waals surface area (Å²) in [6.45, 7) is 1.90. The highest BCUT2D eigenvalue weighted by Gasteiger charge is 2.31. The number of hydrogen-bond donors (Lipinski definition) is 0. The molecule has 2 rings (SSSR count). The highest BCUT2D eigenvalue weighted by Crippen LogP contribution is 2.24. The maximum Gasteiger partial charge on any atom is 0.268 e. The van der Waals surface area contributed by atoms with Crippen LogP contribution in [0.4, 0.5) is 0 Å². The van der Waals surface area contributed by atoms with Crippen LogP contribution in [0.5, 0.6) is 0 Å². The summed E-state index contributed by atoms with van der Waals surface area (Å²) in [5, 5.41) is 0. The van der Waals surface area contributed by atoms with E-state index in [4.69, 9.17) is 10.6 Å². The predicted octanol–water partition coefficient (Wildman–Crippen LogP) is 0.819. The van der Waals surface area contributed by atoms with Crippen LogP contribution in [-0.4, -0.2) is 40.2 Å². The molecule has 2 saturated heterocycles. The van der Waals surface area contributed by atoms with Gasteiger partial charge in [0, 0.05) is 18.3 Å². The summed E-state index contributed by atoms with van der Waals surface area (Å²) in [4.78, 5) is 0. The summed E-state index contributed by atoms with van der Waals surface area (Å²) in [6, 6.07) is 0. The van der Waals surface area contributed by atoms with Crippen molar-refractivity contribution in [3.05, 3.63) is 0 Å². The second-order valence-electron chi connectivity index (χ2n) is 6.18. The van der Waals surface area contributed by atoms with Crippen LogP contribution >= 0.6 is 0 Å². The van der Waals surface area contributed by atoms with Gasteiger partial charge in [-0.15, -0.1) is 18.3 Å². The van der Waals surface area contributed by atoms with Gasteiger partial charge in [0.1, 0.15) is 0 Å². The van der Waals surface area contributed by atoms with E-state index in [0.29, 0.717) is 6.42 Å². The Labute approximate surface area is 132 Å². The van der Waals surface area contributed by atoms with Crippen LogP contribution in [0.15, 0.2) is 0 Å². The molecule has 2 aliphatic heterocycles. The monoisotopic (exact) mass is 344 g/mol. The van der Waals surface area contributed by atoms with E-state index in [-0.39, 0.29) is 41.4 Å². The molecule has 0 amide bonds. The van der Waals surface area contributed by atoms with Crippen molar-refractivity contribution < 1.29 is 21.0 Å². The summed E-state index contributed by atoms with van der Waals surface area (Å²) in [6.07, 6.45) is 6.23. The van der Waals surface area contributed by atoms with Gasteiger partial charge >= 0.3 is 0 Å². The zero-order chi connectivity index (χ0) is 16.4. The minimum absolute atomic E-state index is 0.0845. The van der Waals surface area contributed by atoms with Crippen molar-refractivity contribution in [2.75, 3.05) is 17.3 Å². The first kappa shape index (κ1) is 17.3. The van der Waals surface area contributed by atoms with Gasteiger partial charge in [0.25, 0.3) is 10.1 Å². The summed E-state index contributed by atoms with van der Waals surface area (Å²) >= 11 is 0. The van der Waals surface area contributed by atoms with E-state index in [2.05, 4.69) is 17.8 Å². The van der Waals surface area contributed by atoms with E-state index in [0.717, 1.165) is 6.42 Å². The first-order chi connectivity index (χ1) is 10.2. The standard InChI is InChI=1S/C15H20O5S2/c1-3-13-8-15(20-22(18,19)11-13)6-4-5-14-7-12(2)9-21(16,17)10-14/h1,12-15H,6-11H2,2H3. The maximum atomic E-state index is 11.7. The Balaban J connectivity index is 1.97. The van der Waals surface area contributed by atoms with Crippen molar-refractivity contribution >= 4 is 20.0 Å².